The smallest absolute Gasteiger partial charge is 0.459 e. The van der Waals surface area contributed by atoms with Crippen LogP contribution < -0.4 is 9.64 Å². The zero-order chi connectivity index (χ0) is 42.6. The fourth-order valence-corrected chi connectivity index (χ4v) is 8.63. The molecule has 15 heteroatoms. The number of halogens is 3. The number of hydrogen-bond acceptors (Lipinski definition) is 9. The number of aliphatic imine (C=N–C) groups is 2. The van der Waals surface area contributed by atoms with Crippen LogP contribution >= 0.6 is 23.5 Å². The molecule has 1 atom stereocenters. The van der Waals surface area contributed by atoms with E-state index < -0.39 is 23.1 Å². The summed E-state index contributed by atoms with van der Waals surface area (Å²) < 4.78 is 48.6. The molecule has 5 aromatic rings. The van der Waals surface area contributed by atoms with E-state index >= 15 is 0 Å². The zero-order valence-corrected chi connectivity index (χ0v) is 35.5. The SMILES string of the molecule is Cc1ccc(C(C)C)c(N2C(=O)C3(CC3)S/C2=N\C(=N\C(Cc2ccc(-c3ncn(-c4ccc(OC(F)(F)F)cc4)n3)cc2)C(=O)OCc2ccccc2)SCC(C)C)c1. The highest BCUT2D eigenvalue weighted by molar-refractivity contribution is 8.17. The standard InChI is InChI=1S/C45H45F3N6O4S2/c1-28(2)26-59-42(51-43-54(41(56)44(60-43)21-22-44)38-23-30(5)11-20-36(38)29(3)4)50-37(40(55)57-25-32-9-7-6-8-10-32)24-31-12-14-33(15-13-31)39-49-27-53(52-39)34-16-18-35(19-17-34)58-45(46,47)48/h6-20,23,27-29,37H,21-22,24-26H2,1-5H3/b50-42-,51-43-. The van der Waals surface area contributed by atoms with Gasteiger partial charge >= 0.3 is 12.3 Å². The monoisotopic (exact) mass is 854 g/mol. The average Bonchev–Trinajstić information content (AvgIpc) is 3.73. The van der Waals surface area contributed by atoms with Crippen LogP contribution in [-0.4, -0.2) is 59.9 Å². The van der Waals surface area contributed by atoms with Gasteiger partial charge in [-0.05, 0) is 84.2 Å². The van der Waals surface area contributed by atoms with Crippen molar-refractivity contribution < 1.29 is 32.2 Å². The van der Waals surface area contributed by atoms with Crippen molar-refractivity contribution in [2.75, 3.05) is 10.7 Å². The van der Waals surface area contributed by atoms with Gasteiger partial charge in [0, 0.05) is 17.7 Å². The predicted molar refractivity (Wildman–Crippen MR) is 232 cm³/mol. The summed E-state index contributed by atoms with van der Waals surface area (Å²) in [5.74, 6) is 0.728. The number of ether oxygens (including phenoxy) is 2. The van der Waals surface area contributed by atoms with E-state index in [1.54, 1.807) is 4.90 Å². The lowest BCUT2D eigenvalue weighted by Crippen LogP contribution is -2.34. The predicted octanol–water partition coefficient (Wildman–Crippen LogP) is 10.3. The van der Waals surface area contributed by atoms with Crippen LogP contribution in [0.5, 0.6) is 5.75 Å². The van der Waals surface area contributed by atoms with Gasteiger partial charge in [-0.1, -0.05) is 118 Å². The van der Waals surface area contributed by atoms with Crippen molar-refractivity contribution in [3.8, 4) is 22.8 Å². The van der Waals surface area contributed by atoms with Crippen molar-refractivity contribution in [2.45, 2.75) is 83.6 Å². The summed E-state index contributed by atoms with van der Waals surface area (Å²) in [7, 11) is 0. The molecule has 1 saturated carbocycles. The van der Waals surface area contributed by atoms with Gasteiger partial charge in [0.25, 0.3) is 0 Å². The van der Waals surface area contributed by atoms with Gasteiger partial charge in [0.2, 0.25) is 5.91 Å². The van der Waals surface area contributed by atoms with E-state index in [2.05, 4.69) is 54.6 Å². The fraction of sp³-hybridized carbons (Fsp3) is 0.333. The van der Waals surface area contributed by atoms with E-state index in [1.165, 1.54) is 58.8 Å². The van der Waals surface area contributed by atoms with Crippen LogP contribution in [0.2, 0.25) is 0 Å². The Morgan fingerprint density at radius 1 is 0.950 bits per heavy atom. The number of esters is 1. The molecule has 2 aliphatic rings. The van der Waals surface area contributed by atoms with Crippen molar-refractivity contribution in [1.29, 1.82) is 0 Å². The summed E-state index contributed by atoms with van der Waals surface area (Å²) in [5, 5.41) is 5.47. The van der Waals surface area contributed by atoms with Gasteiger partial charge in [-0.2, -0.15) is 4.99 Å². The van der Waals surface area contributed by atoms with E-state index in [0.29, 0.717) is 39.1 Å². The number of anilines is 1. The lowest BCUT2D eigenvalue weighted by molar-refractivity contribution is -0.274. The number of carbonyl (C=O) groups is 2. The molecule has 1 spiro atoms. The summed E-state index contributed by atoms with van der Waals surface area (Å²) >= 11 is 2.93. The molecule has 7 rings (SSSR count). The van der Waals surface area contributed by atoms with Gasteiger partial charge in [-0.25, -0.2) is 19.5 Å². The quantitative estimate of drug-likeness (QED) is 0.0654. The van der Waals surface area contributed by atoms with Crippen LogP contribution in [0.3, 0.4) is 0 Å². The van der Waals surface area contributed by atoms with Crippen LogP contribution in [-0.2, 0) is 27.4 Å². The molecule has 1 amide bonds. The number of amides is 1. The number of aryl methyl sites for hydroxylation is 1. The second-order valence-corrected chi connectivity index (χ2v) is 17.9. The molecule has 10 nitrogen and oxygen atoms in total. The van der Waals surface area contributed by atoms with E-state index in [9.17, 15) is 22.8 Å². The maximum Gasteiger partial charge on any atom is 0.573 e. The molecule has 0 bridgehead atoms. The second kappa shape index (κ2) is 18.1. The molecule has 1 unspecified atom stereocenters. The molecule has 0 radical (unpaired) electrons. The normalized spacial score (nSPS) is 16.3. The Kier molecular flexibility index (Phi) is 12.9. The van der Waals surface area contributed by atoms with Crippen LogP contribution in [0.4, 0.5) is 18.9 Å². The van der Waals surface area contributed by atoms with Gasteiger partial charge in [0.1, 0.15) is 23.4 Å². The van der Waals surface area contributed by atoms with E-state index in [0.717, 1.165) is 40.8 Å². The molecule has 1 aliphatic carbocycles. The number of amidine groups is 2. The van der Waals surface area contributed by atoms with Gasteiger partial charge in [-0.3, -0.25) is 9.69 Å². The number of hydrogen-bond donors (Lipinski definition) is 0. The van der Waals surface area contributed by atoms with E-state index in [1.807, 2.05) is 67.6 Å². The van der Waals surface area contributed by atoms with Gasteiger partial charge < -0.3 is 9.47 Å². The van der Waals surface area contributed by atoms with Crippen LogP contribution in [0.25, 0.3) is 17.1 Å². The second-order valence-electron chi connectivity index (χ2n) is 15.5. The topological polar surface area (TPSA) is 111 Å². The Bertz CT molecular complexity index is 2380. The molecule has 312 valence electrons. The lowest BCUT2D eigenvalue weighted by atomic mass is 9.98. The molecule has 60 heavy (non-hydrogen) atoms. The number of aromatic nitrogens is 3. The van der Waals surface area contributed by atoms with Crippen molar-refractivity contribution in [3.05, 3.63) is 126 Å². The Labute approximate surface area is 355 Å². The Morgan fingerprint density at radius 2 is 1.67 bits per heavy atom. The minimum absolute atomic E-state index is 0.0265. The minimum atomic E-state index is -4.79. The maximum atomic E-state index is 14.1. The highest BCUT2D eigenvalue weighted by atomic mass is 32.2. The minimum Gasteiger partial charge on any atom is -0.459 e. The fourth-order valence-electron chi connectivity index (χ4n) is 6.50. The van der Waals surface area contributed by atoms with Crippen LogP contribution in [0.15, 0.2) is 113 Å². The van der Waals surface area contributed by atoms with Crippen molar-refractivity contribution in [2.24, 2.45) is 15.9 Å². The van der Waals surface area contributed by atoms with Crippen molar-refractivity contribution in [1.82, 2.24) is 14.8 Å². The van der Waals surface area contributed by atoms with E-state index in [-0.39, 0.29) is 30.6 Å². The third-order valence-electron chi connectivity index (χ3n) is 9.79. The van der Waals surface area contributed by atoms with Crippen LogP contribution in [0.1, 0.15) is 68.7 Å². The maximum absolute atomic E-state index is 14.1. The largest absolute Gasteiger partial charge is 0.573 e. The summed E-state index contributed by atoms with van der Waals surface area (Å²) in [5.41, 5.74) is 5.75. The number of benzene rings is 4. The Balaban J connectivity index is 1.19. The summed E-state index contributed by atoms with van der Waals surface area (Å²) in [6.07, 6.45) is -1.57. The van der Waals surface area contributed by atoms with Gasteiger partial charge in [0.05, 0.1) is 11.4 Å². The molecule has 0 N–H and O–H groups in total. The first-order valence-electron chi connectivity index (χ1n) is 19.7. The highest BCUT2D eigenvalue weighted by Gasteiger charge is 2.60. The zero-order valence-electron chi connectivity index (χ0n) is 33.8. The third kappa shape index (κ3) is 10.5. The van der Waals surface area contributed by atoms with Crippen molar-refractivity contribution in [3.63, 3.8) is 0 Å². The number of rotatable bonds is 13. The number of alkyl halides is 3. The molecular weight excluding hydrogens is 810 g/mol. The Hall–Kier alpha value is -5.41. The average molecular weight is 855 g/mol. The van der Waals surface area contributed by atoms with Crippen LogP contribution in [0, 0.1) is 12.8 Å². The third-order valence-corrected chi connectivity index (χ3v) is 12.5. The van der Waals surface area contributed by atoms with Crippen molar-refractivity contribution >= 4 is 51.4 Å². The first-order chi connectivity index (χ1) is 28.7. The molecule has 4 aromatic carbocycles. The highest BCUT2D eigenvalue weighted by Crippen LogP contribution is 2.56. The lowest BCUT2D eigenvalue weighted by Gasteiger charge is -2.23. The molecule has 1 aromatic heterocycles. The molecule has 2 heterocycles. The summed E-state index contributed by atoms with van der Waals surface area (Å²) in [6.45, 7) is 10.5. The van der Waals surface area contributed by atoms with Gasteiger partial charge in [0.15, 0.2) is 22.2 Å². The Morgan fingerprint density at radius 3 is 2.32 bits per heavy atom. The molecule has 1 aliphatic heterocycles. The summed E-state index contributed by atoms with van der Waals surface area (Å²) in [6, 6.07) is 27.4. The first-order valence-corrected chi connectivity index (χ1v) is 21.5. The molecule has 2 fully saturated rings. The number of thioether (sulfide) groups is 2. The van der Waals surface area contributed by atoms with E-state index in [4.69, 9.17) is 14.7 Å². The number of nitrogens with zero attached hydrogens (tertiary/aromatic N) is 6. The number of carbonyl (C=O) groups excluding carboxylic acids is 2. The first kappa shape index (κ1) is 42.7. The molecule has 1 saturated heterocycles. The summed E-state index contributed by atoms with van der Waals surface area (Å²) in [4.78, 5) is 44.5. The molecular formula is C45H45F3N6O4S2. The van der Waals surface area contributed by atoms with Gasteiger partial charge in [-0.15, -0.1) is 18.3 Å².